The highest BCUT2D eigenvalue weighted by Gasteiger charge is 2.48. The van der Waals surface area contributed by atoms with Crippen LogP contribution in [0.15, 0.2) is 52.3 Å². The Hall–Kier alpha value is -2.68. The molecular formula is C23H21Cl2N3O4S. The highest BCUT2D eigenvalue weighted by atomic mass is 35.5. The van der Waals surface area contributed by atoms with Crippen molar-refractivity contribution in [2.45, 2.75) is 28.2 Å². The van der Waals surface area contributed by atoms with Gasteiger partial charge in [0.2, 0.25) is 5.91 Å². The van der Waals surface area contributed by atoms with E-state index in [2.05, 4.69) is 10.6 Å². The second-order valence-electron chi connectivity index (χ2n) is 7.68. The highest BCUT2D eigenvalue weighted by Crippen LogP contribution is 2.42. The number of halogens is 2. The summed E-state index contributed by atoms with van der Waals surface area (Å²) in [5.74, 6) is 0.208. The number of carbonyl (C=O) groups excluding carboxylic acids is 3. The fourth-order valence-corrected chi connectivity index (χ4v) is 5.37. The number of rotatable bonds is 5. The lowest BCUT2D eigenvalue weighted by Gasteiger charge is -2.36. The minimum atomic E-state index is -0.913. The van der Waals surface area contributed by atoms with Crippen molar-refractivity contribution in [3.63, 3.8) is 0 Å². The smallest absolute Gasteiger partial charge is 0.322 e. The first-order valence-electron chi connectivity index (χ1n) is 10.2. The lowest BCUT2D eigenvalue weighted by Crippen LogP contribution is -2.55. The molecule has 2 aromatic carbocycles. The average Bonchev–Trinajstić information content (AvgIpc) is 3.09. The zero-order chi connectivity index (χ0) is 23.6. The normalized spacial score (nSPS) is 17.4. The molecule has 2 fully saturated rings. The molecule has 2 aliphatic rings. The van der Waals surface area contributed by atoms with Gasteiger partial charge in [0.05, 0.1) is 22.1 Å². The number of piperidine rings is 1. The van der Waals surface area contributed by atoms with Crippen molar-refractivity contribution in [3.05, 3.63) is 58.1 Å². The molecule has 0 atom stereocenters. The average molecular weight is 506 g/mol. The fraction of sp³-hybridized carbons (Fsp3) is 0.261. The van der Waals surface area contributed by atoms with Crippen LogP contribution in [0, 0.1) is 0 Å². The molecule has 2 N–H and O–H groups in total. The van der Waals surface area contributed by atoms with Crippen LogP contribution >= 0.6 is 35.0 Å². The third-order valence-electron chi connectivity index (χ3n) is 5.71. The minimum absolute atomic E-state index is 0.200. The van der Waals surface area contributed by atoms with Gasteiger partial charge in [-0.3, -0.25) is 14.9 Å². The Morgan fingerprint density at radius 3 is 2.48 bits per heavy atom. The number of likely N-dealkylation sites (tertiary alicyclic amines) is 1. The molecule has 2 heterocycles. The Kier molecular flexibility index (Phi) is 6.88. The molecular weight excluding hydrogens is 485 g/mol. The van der Waals surface area contributed by atoms with Gasteiger partial charge in [0.25, 0.3) is 5.91 Å². The predicted octanol–water partition coefficient (Wildman–Crippen LogP) is 4.37. The molecule has 0 aromatic heterocycles. The van der Waals surface area contributed by atoms with Gasteiger partial charge >= 0.3 is 6.03 Å². The summed E-state index contributed by atoms with van der Waals surface area (Å²) in [5, 5.41) is 5.69. The van der Waals surface area contributed by atoms with Crippen LogP contribution in [-0.2, 0) is 9.59 Å². The fourth-order valence-electron chi connectivity index (χ4n) is 3.83. The zero-order valence-electron chi connectivity index (χ0n) is 17.7. The van der Waals surface area contributed by atoms with Crippen molar-refractivity contribution in [3.8, 4) is 5.75 Å². The summed E-state index contributed by atoms with van der Waals surface area (Å²) < 4.78 is 5.38. The molecule has 0 radical (unpaired) electrons. The summed E-state index contributed by atoms with van der Waals surface area (Å²) in [6.45, 7) is 0.722. The molecule has 7 nitrogen and oxygen atoms in total. The molecule has 172 valence electrons. The first kappa shape index (κ1) is 23.5. The lowest BCUT2D eigenvalue weighted by molar-refractivity contribution is -0.132. The van der Waals surface area contributed by atoms with Crippen LogP contribution in [0.1, 0.15) is 18.4 Å². The van der Waals surface area contributed by atoms with Crippen molar-refractivity contribution in [1.82, 2.24) is 15.5 Å². The largest absolute Gasteiger partial charge is 0.496 e. The van der Waals surface area contributed by atoms with Crippen LogP contribution < -0.4 is 15.4 Å². The van der Waals surface area contributed by atoms with Gasteiger partial charge in [-0.25, -0.2) is 4.79 Å². The van der Waals surface area contributed by atoms with Crippen molar-refractivity contribution < 1.29 is 19.1 Å². The number of carbonyl (C=O) groups is 3. The van der Waals surface area contributed by atoms with Crippen molar-refractivity contribution in [1.29, 1.82) is 0 Å². The van der Waals surface area contributed by atoms with E-state index < -0.39 is 11.6 Å². The Balaban J connectivity index is 1.42. The van der Waals surface area contributed by atoms with Gasteiger partial charge in [0.1, 0.15) is 11.3 Å². The van der Waals surface area contributed by atoms with Crippen LogP contribution in [-0.4, -0.2) is 48.5 Å². The van der Waals surface area contributed by atoms with Gasteiger partial charge < -0.3 is 15.0 Å². The van der Waals surface area contributed by atoms with Crippen LogP contribution in [0.2, 0.25) is 10.0 Å². The number of para-hydroxylation sites is 1. The van der Waals surface area contributed by atoms with E-state index in [-0.39, 0.29) is 11.8 Å². The van der Waals surface area contributed by atoms with Crippen molar-refractivity contribution in [2.75, 3.05) is 20.2 Å². The summed E-state index contributed by atoms with van der Waals surface area (Å²) >= 11 is 14.4. The van der Waals surface area contributed by atoms with Crippen LogP contribution in [0.5, 0.6) is 5.75 Å². The minimum Gasteiger partial charge on any atom is -0.496 e. The Bertz CT molecular complexity index is 1150. The lowest BCUT2D eigenvalue weighted by atomic mass is 9.87. The number of hydrogen-bond acceptors (Lipinski definition) is 5. The van der Waals surface area contributed by atoms with Crippen LogP contribution in [0.3, 0.4) is 0 Å². The number of amides is 4. The maximum Gasteiger partial charge on any atom is 0.322 e. The van der Waals surface area contributed by atoms with Crippen molar-refractivity contribution in [2.24, 2.45) is 0 Å². The van der Waals surface area contributed by atoms with E-state index >= 15 is 0 Å². The molecule has 33 heavy (non-hydrogen) atoms. The summed E-state index contributed by atoms with van der Waals surface area (Å²) in [5.41, 5.74) is -0.293. The van der Waals surface area contributed by atoms with E-state index in [0.29, 0.717) is 41.5 Å². The molecule has 2 saturated heterocycles. The number of benzene rings is 2. The second kappa shape index (κ2) is 9.67. The standard InChI is InChI=1S/C23H21Cl2N3O4S/c1-32-15-4-2-3-5-16(15)33-17-8-6-14(19(24)20(17)25)7-9-18(29)28-12-10-23(11-13-28)21(30)26-22(31)27-23/h2-9H,10-13H2,1H3,(H2,26,27,30,31)/b9-7+. The van der Waals surface area contributed by atoms with Crippen LogP contribution in [0.25, 0.3) is 6.08 Å². The van der Waals surface area contributed by atoms with E-state index in [0.717, 1.165) is 15.5 Å². The van der Waals surface area contributed by atoms with Gasteiger partial charge in [-0.2, -0.15) is 0 Å². The van der Waals surface area contributed by atoms with Gasteiger partial charge in [-0.05, 0) is 42.7 Å². The maximum absolute atomic E-state index is 12.7. The number of nitrogens with one attached hydrogen (secondary N) is 2. The number of hydrogen-bond donors (Lipinski definition) is 2. The number of urea groups is 1. The number of nitrogens with zero attached hydrogens (tertiary/aromatic N) is 1. The van der Waals surface area contributed by atoms with E-state index in [1.807, 2.05) is 30.3 Å². The van der Waals surface area contributed by atoms with Crippen LogP contribution in [0.4, 0.5) is 4.79 Å². The zero-order valence-corrected chi connectivity index (χ0v) is 20.0. The first-order chi connectivity index (χ1) is 15.8. The summed E-state index contributed by atoms with van der Waals surface area (Å²) in [7, 11) is 1.61. The molecule has 0 unspecified atom stereocenters. The molecule has 0 aliphatic carbocycles. The molecule has 2 aliphatic heterocycles. The van der Waals surface area contributed by atoms with Gasteiger partial charge in [0, 0.05) is 24.1 Å². The van der Waals surface area contributed by atoms with E-state index in [1.165, 1.54) is 17.8 Å². The second-order valence-corrected chi connectivity index (χ2v) is 9.52. The molecule has 4 amide bonds. The SMILES string of the molecule is COc1ccccc1Sc1ccc(/C=C/C(=O)N2CCC3(CC2)NC(=O)NC3=O)c(Cl)c1Cl. The maximum atomic E-state index is 12.7. The summed E-state index contributed by atoms with van der Waals surface area (Å²) in [6.07, 6.45) is 3.80. The van der Waals surface area contributed by atoms with E-state index in [4.69, 9.17) is 27.9 Å². The monoisotopic (exact) mass is 505 g/mol. The quantitative estimate of drug-likeness (QED) is 0.465. The Labute approximate surface area is 205 Å². The Morgan fingerprint density at radius 1 is 1.09 bits per heavy atom. The number of imide groups is 1. The highest BCUT2D eigenvalue weighted by molar-refractivity contribution is 7.99. The third kappa shape index (κ3) is 4.83. The predicted molar refractivity (Wildman–Crippen MR) is 128 cm³/mol. The summed E-state index contributed by atoms with van der Waals surface area (Å²) in [6, 6.07) is 10.8. The molecule has 2 aromatic rings. The van der Waals surface area contributed by atoms with E-state index in [9.17, 15) is 14.4 Å². The Morgan fingerprint density at radius 2 is 1.82 bits per heavy atom. The molecule has 0 bridgehead atoms. The molecule has 0 saturated carbocycles. The summed E-state index contributed by atoms with van der Waals surface area (Å²) in [4.78, 5) is 39.5. The first-order valence-corrected chi connectivity index (χ1v) is 11.8. The molecule has 10 heteroatoms. The third-order valence-corrected chi connectivity index (χ3v) is 7.84. The van der Waals surface area contributed by atoms with Gasteiger partial charge in [-0.15, -0.1) is 0 Å². The van der Waals surface area contributed by atoms with Crippen molar-refractivity contribution >= 4 is 58.9 Å². The topological polar surface area (TPSA) is 87.7 Å². The van der Waals surface area contributed by atoms with E-state index in [1.54, 1.807) is 24.2 Å². The van der Waals surface area contributed by atoms with Gasteiger partial charge in [0.15, 0.2) is 0 Å². The van der Waals surface area contributed by atoms with Gasteiger partial charge in [-0.1, -0.05) is 53.2 Å². The number of methoxy groups -OCH3 is 1. The molecule has 1 spiro atoms. The molecule has 4 rings (SSSR count). The number of ether oxygens (including phenoxy) is 1.